The third-order valence-electron chi connectivity index (χ3n) is 3.54. The molecule has 0 saturated carbocycles. The van der Waals surface area contributed by atoms with Gasteiger partial charge in [0.1, 0.15) is 6.10 Å². The Kier molecular flexibility index (Phi) is 10.8. The van der Waals surface area contributed by atoms with Crippen LogP contribution < -0.4 is 0 Å². The average Bonchev–Trinajstić information content (AvgIpc) is 2.91. The molecule has 0 aliphatic carbocycles. The summed E-state index contributed by atoms with van der Waals surface area (Å²) < 4.78 is 5.57. The molecule has 1 aliphatic heterocycles. The Morgan fingerprint density at radius 1 is 1.18 bits per heavy atom. The fraction of sp³-hybridized carbons (Fsp3) is 0.611. The molecular weight excluding hydrogens is 344 g/mol. The highest BCUT2D eigenvalue weighted by Crippen LogP contribution is 2.21. The summed E-state index contributed by atoms with van der Waals surface area (Å²) >= 11 is 3.27. The normalized spacial score (nSPS) is 21.3. The van der Waals surface area contributed by atoms with Gasteiger partial charge >= 0.3 is 5.97 Å². The van der Waals surface area contributed by atoms with Crippen LogP contribution in [0.1, 0.15) is 57.8 Å². The van der Waals surface area contributed by atoms with Gasteiger partial charge in [-0.2, -0.15) is 0 Å². The van der Waals surface area contributed by atoms with E-state index < -0.39 is 5.97 Å². The molecule has 4 heteroatoms. The van der Waals surface area contributed by atoms with Gasteiger partial charge in [-0.1, -0.05) is 52.8 Å². The Balaban J connectivity index is 2.03. The lowest BCUT2D eigenvalue weighted by atomic mass is 10.1. The van der Waals surface area contributed by atoms with Crippen LogP contribution in [0.5, 0.6) is 0 Å². The highest BCUT2D eigenvalue weighted by Gasteiger charge is 2.25. The molecule has 1 unspecified atom stereocenters. The molecule has 1 heterocycles. The monoisotopic (exact) mass is 368 g/mol. The Morgan fingerprint density at radius 2 is 1.91 bits per heavy atom. The number of hydrogen-bond acceptors (Lipinski definition) is 2. The molecule has 1 saturated heterocycles. The van der Waals surface area contributed by atoms with Gasteiger partial charge in [0.2, 0.25) is 0 Å². The highest BCUT2D eigenvalue weighted by atomic mass is 79.9. The molecule has 0 bridgehead atoms. The second kappa shape index (κ2) is 12.5. The molecule has 0 radical (unpaired) electrons. The number of carboxylic acids is 1. The third kappa shape index (κ3) is 9.81. The van der Waals surface area contributed by atoms with Crippen LogP contribution in [-0.2, 0) is 9.53 Å². The molecule has 2 atom stereocenters. The Hall–Kier alpha value is -1.05. The van der Waals surface area contributed by atoms with E-state index in [0.29, 0.717) is 0 Å². The molecule has 1 aliphatic rings. The van der Waals surface area contributed by atoms with Gasteiger partial charge in [-0.15, -0.1) is 0 Å². The fourth-order valence-corrected chi connectivity index (χ4v) is 2.65. The third-order valence-corrected chi connectivity index (χ3v) is 3.91. The summed E-state index contributed by atoms with van der Waals surface area (Å²) in [6, 6.07) is 0. The summed E-state index contributed by atoms with van der Waals surface area (Å²) in [4.78, 5) is 12.5. The fourth-order valence-electron chi connectivity index (χ4n) is 2.38. The molecule has 1 rings (SSSR count). The van der Waals surface area contributed by atoms with E-state index in [4.69, 9.17) is 9.84 Å². The second-order valence-electron chi connectivity index (χ2n) is 5.47. The lowest BCUT2D eigenvalue weighted by Crippen LogP contribution is -2.13. The minimum atomic E-state index is -0.804. The van der Waals surface area contributed by atoms with Crippen molar-refractivity contribution in [1.29, 1.82) is 0 Å². The highest BCUT2D eigenvalue weighted by molar-refractivity contribution is 9.11. The van der Waals surface area contributed by atoms with Crippen LogP contribution in [-0.4, -0.2) is 23.3 Å². The van der Waals surface area contributed by atoms with Crippen molar-refractivity contribution in [2.45, 2.75) is 70.0 Å². The number of rotatable bonds is 9. The molecule has 22 heavy (non-hydrogen) atoms. The zero-order valence-electron chi connectivity index (χ0n) is 13.0. The van der Waals surface area contributed by atoms with Gasteiger partial charge in [-0.05, 0) is 49.6 Å². The van der Waals surface area contributed by atoms with Gasteiger partial charge in [0.25, 0.3) is 0 Å². The molecule has 122 valence electrons. The van der Waals surface area contributed by atoms with E-state index in [9.17, 15) is 4.79 Å². The zero-order valence-corrected chi connectivity index (χ0v) is 14.6. The van der Waals surface area contributed by atoms with Crippen LogP contribution in [0.2, 0.25) is 0 Å². The molecular formula is C18H25BrO3. The molecule has 0 amide bonds. The number of allylic oxidation sites excluding steroid dienone is 3. The number of carbonyl (C=O) groups is 1. The van der Waals surface area contributed by atoms with Crippen LogP contribution in [0, 0.1) is 11.8 Å². The van der Waals surface area contributed by atoms with Crippen molar-refractivity contribution >= 4 is 21.9 Å². The van der Waals surface area contributed by atoms with E-state index in [-0.39, 0.29) is 18.6 Å². The Morgan fingerprint density at radius 3 is 2.59 bits per heavy atom. The Bertz CT molecular complexity index is 431. The van der Waals surface area contributed by atoms with Gasteiger partial charge in [0.15, 0.2) is 0 Å². The van der Waals surface area contributed by atoms with Crippen molar-refractivity contribution < 1.29 is 14.6 Å². The van der Waals surface area contributed by atoms with E-state index in [1.807, 2.05) is 11.1 Å². The summed E-state index contributed by atoms with van der Waals surface area (Å²) in [6.07, 6.45) is 14.8. The lowest BCUT2D eigenvalue weighted by molar-refractivity contribution is -0.139. The summed E-state index contributed by atoms with van der Waals surface area (Å²) in [5.74, 6) is 5.24. The predicted molar refractivity (Wildman–Crippen MR) is 92.8 cm³/mol. The van der Waals surface area contributed by atoms with Crippen molar-refractivity contribution in [3.05, 3.63) is 23.2 Å². The number of aliphatic carboxylic acids is 1. The summed E-state index contributed by atoms with van der Waals surface area (Å²) in [6.45, 7) is 0. The molecule has 0 aromatic rings. The van der Waals surface area contributed by atoms with Gasteiger partial charge in [-0.25, -0.2) is 0 Å². The molecule has 1 fully saturated rings. The number of ether oxygens (including phenoxy) is 1. The van der Waals surface area contributed by atoms with E-state index in [1.165, 1.54) is 25.7 Å². The second-order valence-corrected chi connectivity index (χ2v) is 5.99. The van der Waals surface area contributed by atoms with Crippen LogP contribution in [0.25, 0.3) is 0 Å². The van der Waals surface area contributed by atoms with Gasteiger partial charge in [0, 0.05) is 0 Å². The minimum Gasteiger partial charge on any atom is -0.481 e. The van der Waals surface area contributed by atoms with Crippen LogP contribution in [0.3, 0.4) is 0 Å². The topological polar surface area (TPSA) is 46.5 Å². The minimum absolute atomic E-state index is 0.0828. The quantitative estimate of drug-likeness (QED) is 0.468. The van der Waals surface area contributed by atoms with E-state index >= 15 is 0 Å². The summed E-state index contributed by atoms with van der Waals surface area (Å²) in [5.41, 5.74) is 0. The van der Waals surface area contributed by atoms with Crippen LogP contribution in [0.15, 0.2) is 23.2 Å². The maximum Gasteiger partial charge on any atom is 0.305 e. The SMILES string of the molecule is O=C(O)C[C@@H]1CCC(C#C/C=C/CCCCCC/C=C/Br)O1. The molecule has 0 aromatic carbocycles. The van der Waals surface area contributed by atoms with E-state index in [2.05, 4.69) is 39.9 Å². The molecule has 0 spiro atoms. The van der Waals surface area contributed by atoms with Crippen molar-refractivity contribution in [2.24, 2.45) is 0 Å². The maximum absolute atomic E-state index is 10.6. The Labute approximate surface area is 141 Å². The van der Waals surface area contributed by atoms with Crippen LogP contribution >= 0.6 is 15.9 Å². The van der Waals surface area contributed by atoms with Gasteiger partial charge in [-0.3, -0.25) is 4.79 Å². The number of hydrogen-bond donors (Lipinski definition) is 1. The molecule has 1 N–H and O–H groups in total. The molecule has 3 nitrogen and oxygen atoms in total. The van der Waals surface area contributed by atoms with E-state index in [0.717, 1.165) is 25.7 Å². The van der Waals surface area contributed by atoms with Crippen molar-refractivity contribution in [3.63, 3.8) is 0 Å². The first-order valence-corrected chi connectivity index (χ1v) is 8.92. The molecule has 0 aromatic heterocycles. The van der Waals surface area contributed by atoms with Crippen molar-refractivity contribution in [3.8, 4) is 11.8 Å². The number of halogens is 1. The first kappa shape index (κ1) is 19.0. The largest absolute Gasteiger partial charge is 0.481 e. The zero-order chi connectivity index (χ0) is 16.0. The first-order valence-electron chi connectivity index (χ1n) is 8.01. The van der Waals surface area contributed by atoms with Crippen molar-refractivity contribution in [1.82, 2.24) is 0 Å². The van der Waals surface area contributed by atoms with Gasteiger partial charge < -0.3 is 9.84 Å². The van der Waals surface area contributed by atoms with Crippen molar-refractivity contribution in [2.75, 3.05) is 0 Å². The average molecular weight is 369 g/mol. The summed E-state index contributed by atoms with van der Waals surface area (Å²) in [7, 11) is 0. The van der Waals surface area contributed by atoms with Crippen LogP contribution in [0.4, 0.5) is 0 Å². The van der Waals surface area contributed by atoms with E-state index in [1.54, 1.807) is 0 Å². The maximum atomic E-state index is 10.6. The lowest BCUT2D eigenvalue weighted by Gasteiger charge is -2.06. The smallest absolute Gasteiger partial charge is 0.305 e. The number of carboxylic acid groups (broad SMARTS) is 1. The predicted octanol–water partition coefficient (Wildman–Crippen LogP) is 4.82. The summed E-state index contributed by atoms with van der Waals surface area (Å²) in [5, 5.41) is 8.70. The number of unbranched alkanes of at least 4 members (excludes halogenated alkanes) is 5. The van der Waals surface area contributed by atoms with Gasteiger partial charge in [0.05, 0.1) is 12.5 Å². The standard InChI is InChI=1S/C18H25BrO3/c19-14-10-8-6-4-2-1-3-5-7-9-11-16-12-13-17(22-16)15-18(20)21/h5,7,10,14,16-17H,1-4,6,8,12-13,15H2,(H,20,21)/b7-5+,14-10+/t16?,17-/m0/s1. The first-order chi connectivity index (χ1) is 10.7.